The largest absolute Gasteiger partial charge is 0.193 e. The molecule has 0 bridgehead atoms. The summed E-state index contributed by atoms with van der Waals surface area (Å²) in [6.45, 7) is 2.17. The predicted octanol–water partition coefficient (Wildman–Crippen LogP) is 2.65. The van der Waals surface area contributed by atoms with E-state index < -0.39 is 0 Å². The second kappa shape index (κ2) is 7.23. The van der Waals surface area contributed by atoms with Gasteiger partial charge < -0.3 is 0 Å². The van der Waals surface area contributed by atoms with Crippen LogP contribution in [0.2, 0.25) is 0 Å². The molecule has 0 N–H and O–H groups in total. The first kappa shape index (κ1) is 8.23. The Labute approximate surface area is 57.0 Å². The minimum absolute atomic E-state index is 1.06. The van der Waals surface area contributed by atoms with Crippen molar-refractivity contribution in [2.24, 2.45) is 0 Å². The van der Waals surface area contributed by atoms with Crippen molar-refractivity contribution in [1.82, 2.24) is 0 Å². The first-order valence-corrected chi connectivity index (χ1v) is 3.46. The zero-order valence-corrected chi connectivity index (χ0v) is 5.93. The lowest BCUT2D eigenvalue weighted by Gasteiger charge is -1.88. The maximum atomic E-state index is 8.09. The van der Waals surface area contributed by atoms with E-state index in [9.17, 15) is 0 Å². The summed E-state index contributed by atoms with van der Waals surface area (Å²) < 4.78 is 0. The summed E-state index contributed by atoms with van der Waals surface area (Å²) in [7, 11) is 0. The number of nitriles is 1. The van der Waals surface area contributed by atoms with E-state index in [0.717, 1.165) is 6.42 Å². The molecule has 0 atom stereocenters. The molecule has 0 amide bonds. The summed E-state index contributed by atoms with van der Waals surface area (Å²) in [5.41, 5.74) is 0. The quantitative estimate of drug-likeness (QED) is 0.416. The Hall–Kier alpha value is -0.770. The minimum Gasteiger partial charge on any atom is -0.193 e. The number of rotatable bonds is 4. The first-order valence-electron chi connectivity index (χ1n) is 3.46. The number of hydrogen-bond donors (Lipinski definition) is 0. The van der Waals surface area contributed by atoms with Crippen molar-refractivity contribution in [3.05, 3.63) is 12.2 Å². The lowest BCUT2D eigenvalue weighted by Crippen LogP contribution is -1.69. The van der Waals surface area contributed by atoms with Gasteiger partial charge in [-0.2, -0.15) is 5.26 Å². The third kappa shape index (κ3) is 7.23. The fourth-order valence-electron chi connectivity index (χ4n) is 0.648. The van der Waals surface area contributed by atoms with Gasteiger partial charge in [-0.05, 0) is 12.8 Å². The standard InChI is InChI=1S/C8H13N/c1-2-3-4-5-6-7-8-9/h6-7H,2-5H2,1H3/b7-6-. The molecular formula is C8H13N. The molecule has 0 aromatic carbocycles. The van der Waals surface area contributed by atoms with Gasteiger partial charge in [0.05, 0.1) is 6.07 Å². The molecule has 0 aliphatic heterocycles. The molecule has 0 unspecified atom stereocenters. The van der Waals surface area contributed by atoms with Crippen LogP contribution in [0.15, 0.2) is 12.2 Å². The van der Waals surface area contributed by atoms with Crippen LogP contribution >= 0.6 is 0 Å². The van der Waals surface area contributed by atoms with Crippen molar-refractivity contribution in [3.8, 4) is 6.07 Å². The fourth-order valence-corrected chi connectivity index (χ4v) is 0.648. The highest BCUT2D eigenvalue weighted by Gasteiger charge is 1.79. The maximum Gasteiger partial charge on any atom is 0.0908 e. The van der Waals surface area contributed by atoms with E-state index in [4.69, 9.17) is 5.26 Å². The number of allylic oxidation sites excluding steroid dienone is 2. The van der Waals surface area contributed by atoms with Gasteiger partial charge in [-0.15, -0.1) is 0 Å². The third-order valence-electron chi connectivity index (χ3n) is 1.17. The van der Waals surface area contributed by atoms with Crippen molar-refractivity contribution in [2.75, 3.05) is 0 Å². The molecule has 0 radical (unpaired) electrons. The molecule has 0 heterocycles. The normalized spacial score (nSPS) is 9.78. The van der Waals surface area contributed by atoms with Crippen LogP contribution in [-0.2, 0) is 0 Å². The zero-order valence-electron chi connectivity index (χ0n) is 5.93. The second-order valence-corrected chi connectivity index (χ2v) is 2.03. The summed E-state index contributed by atoms with van der Waals surface area (Å²) in [6.07, 6.45) is 8.28. The Balaban J connectivity index is 2.93. The molecule has 0 saturated carbocycles. The smallest absolute Gasteiger partial charge is 0.0908 e. The molecular weight excluding hydrogens is 110 g/mol. The van der Waals surface area contributed by atoms with Crippen molar-refractivity contribution in [1.29, 1.82) is 5.26 Å². The molecule has 0 aromatic rings. The number of nitrogens with zero attached hydrogens (tertiary/aromatic N) is 1. The first-order chi connectivity index (χ1) is 4.41. The fraction of sp³-hybridized carbons (Fsp3) is 0.625. The molecule has 50 valence electrons. The molecule has 1 heteroatoms. The molecule has 0 aliphatic rings. The topological polar surface area (TPSA) is 23.8 Å². The third-order valence-corrected chi connectivity index (χ3v) is 1.17. The summed E-state index contributed by atoms with van der Waals surface area (Å²) in [5.74, 6) is 0. The van der Waals surface area contributed by atoms with Gasteiger partial charge >= 0.3 is 0 Å². The lowest BCUT2D eigenvalue weighted by molar-refractivity contribution is 0.729. The van der Waals surface area contributed by atoms with Crippen molar-refractivity contribution >= 4 is 0 Å². The zero-order chi connectivity index (χ0) is 6.95. The second-order valence-electron chi connectivity index (χ2n) is 2.03. The van der Waals surface area contributed by atoms with E-state index in [1.54, 1.807) is 6.08 Å². The average molecular weight is 123 g/mol. The summed E-state index contributed by atoms with van der Waals surface area (Å²) in [5, 5.41) is 8.09. The van der Waals surface area contributed by atoms with E-state index >= 15 is 0 Å². The van der Waals surface area contributed by atoms with E-state index in [-0.39, 0.29) is 0 Å². The van der Waals surface area contributed by atoms with Crippen LogP contribution in [0.4, 0.5) is 0 Å². The van der Waals surface area contributed by atoms with E-state index in [0.29, 0.717) is 0 Å². The maximum absolute atomic E-state index is 8.09. The van der Waals surface area contributed by atoms with E-state index in [1.165, 1.54) is 19.3 Å². The highest BCUT2D eigenvalue weighted by molar-refractivity contribution is 5.01. The molecule has 0 fully saturated rings. The van der Waals surface area contributed by atoms with E-state index in [2.05, 4.69) is 6.92 Å². The van der Waals surface area contributed by atoms with E-state index in [1.807, 2.05) is 12.1 Å². The highest BCUT2D eigenvalue weighted by Crippen LogP contribution is 1.98. The van der Waals surface area contributed by atoms with Crippen molar-refractivity contribution in [3.63, 3.8) is 0 Å². The average Bonchev–Trinajstić information content (AvgIpc) is 1.89. The van der Waals surface area contributed by atoms with Gasteiger partial charge in [-0.3, -0.25) is 0 Å². The molecule has 0 spiro atoms. The van der Waals surface area contributed by atoms with Gasteiger partial charge in [0.1, 0.15) is 0 Å². The molecule has 0 saturated heterocycles. The Morgan fingerprint density at radius 3 is 2.78 bits per heavy atom. The van der Waals surface area contributed by atoms with Gasteiger partial charge in [0, 0.05) is 6.08 Å². The van der Waals surface area contributed by atoms with Gasteiger partial charge in [0.2, 0.25) is 0 Å². The van der Waals surface area contributed by atoms with Gasteiger partial charge in [0.25, 0.3) is 0 Å². The van der Waals surface area contributed by atoms with Crippen LogP contribution in [0.25, 0.3) is 0 Å². The lowest BCUT2D eigenvalue weighted by atomic mass is 10.2. The monoisotopic (exact) mass is 123 g/mol. The summed E-state index contributed by atoms with van der Waals surface area (Å²) in [6, 6.07) is 1.96. The van der Waals surface area contributed by atoms with Crippen molar-refractivity contribution < 1.29 is 0 Å². The highest BCUT2D eigenvalue weighted by atomic mass is 14.2. The van der Waals surface area contributed by atoms with Crippen LogP contribution in [0.5, 0.6) is 0 Å². The molecule has 0 aliphatic carbocycles. The van der Waals surface area contributed by atoms with Crippen LogP contribution in [0.3, 0.4) is 0 Å². The molecule has 9 heavy (non-hydrogen) atoms. The van der Waals surface area contributed by atoms with Gasteiger partial charge in [-0.1, -0.05) is 25.8 Å². The van der Waals surface area contributed by atoms with Gasteiger partial charge in [0.15, 0.2) is 0 Å². The number of unbranched alkanes of at least 4 members (excludes halogenated alkanes) is 3. The number of hydrogen-bond acceptors (Lipinski definition) is 1. The van der Waals surface area contributed by atoms with Crippen molar-refractivity contribution in [2.45, 2.75) is 32.6 Å². The van der Waals surface area contributed by atoms with Crippen LogP contribution in [0, 0.1) is 11.3 Å². The van der Waals surface area contributed by atoms with Gasteiger partial charge in [-0.25, -0.2) is 0 Å². The molecule has 0 rings (SSSR count). The summed E-state index contributed by atoms with van der Waals surface area (Å²) in [4.78, 5) is 0. The minimum atomic E-state index is 1.06. The van der Waals surface area contributed by atoms with Crippen LogP contribution in [0.1, 0.15) is 32.6 Å². The van der Waals surface area contributed by atoms with Crippen LogP contribution < -0.4 is 0 Å². The molecule has 0 aromatic heterocycles. The Bertz CT molecular complexity index is 108. The Morgan fingerprint density at radius 2 is 2.22 bits per heavy atom. The van der Waals surface area contributed by atoms with Crippen LogP contribution in [-0.4, -0.2) is 0 Å². The SMILES string of the molecule is CCCCC/C=C\C#N. The summed E-state index contributed by atoms with van der Waals surface area (Å²) >= 11 is 0. The Kier molecular flexibility index (Phi) is 6.61. The molecule has 1 nitrogen and oxygen atoms in total. The predicted molar refractivity (Wildman–Crippen MR) is 38.9 cm³/mol. The Morgan fingerprint density at radius 1 is 1.44 bits per heavy atom.